The Morgan fingerprint density at radius 1 is 1.45 bits per heavy atom. The second kappa shape index (κ2) is 9.40. The van der Waals surface area contributed by atoms with E-state index < -0.39 is 5.82 Å². The van der Waals surface area contributed by atoms with E-state index in [1.54, 1.807) is 17.8 Å². The van der Waals surface area contributed by atoms with Crippen LogP contribution in [-0.4, -0.2) is 31.0 Å². The van der Waals surface area contributed by atoms with Crippen molar-refractivity contribution >= 4 is 17.7 Å². The van der Waals surface area contributed by atoms with Crippen LogP contribution in [0.2, 0.25) is 0 Å². The molecule has 0 aliphatic heterocycles. The first-order valence-electron chi connectivity index (χ1n) is 6.44. The van der Waals surface area contributed by atoms with Crippen molar-refractivity contribution in [3.63, 3.8) is 0 Å². The minimum Gasteiger partial charge on any atom is -0.352 e. The molecular formula is C15H19FN2OS. The van der Waals surface area contributed by atoms with E-state index in [0.29, 0.717) is 12.1 Å². The number of hydrogen-bond acceptors (Lipinski definition) is 3. The topological polar surface area (TPSA) is 55.1 Å². The Balaban J connectivity index is 2.54. The van der Waals surface area contributed by atoms with Gasteiger partial charge < -0.3 is 11.1 Å². The molecule has 0 bridgehead atoms. The van der Waals surface area contributed by atoms with Crippen molar-refractivity contribution in [2.45, 2.75) is 12.8 Å². The maximum Gasteiger partial charge on any atom is 0.251 e. The van der Waals surface area contributed by atoms with Gasteiger partial charge in [0.15, 0.2) is 0 Å². The number of carbonyl (C=O) groups is 1. The maximum absolute atomic E-state index is 13.7. The van der Waals surface area contributed by atoms with E-state index in [1.807, 2.05) is 0 Å². The van der Waals surface area contributed by atoms with Gasteiger partial charge in [0.1, 0.15) is 5.82 Å². The van der Waals surface area contributed by atoms with Gasteiger partial charge in [0.05, 0.1) is 12.1 Å². The fourth-order valence-corrected chi connectivity index (χ4v) is 2.07. The Hall–Kier alpha value is -1.51. The molecule has 0 fully saturated rings. The first-order chi connectivity index (χ1) is 9.69. The summed E-state index contributed by atoms with van der Waals surface area (Å²) in [4.78, 5) is 11.8. The van der Waals surface area contributed by atoms with E-state index in [1.165, 1.54) is 12.1 Å². The quantitative estimate of drug-likeness (QED) is 0.623. The number of hydrogen-bond donors (Lipinski definition) is 2. The van der Waals surface area contributed by atoms with Crippen LogP contribution < -0.4 is 11.1 Å². The summed E-state index contributed by atoms with van der Waals surface area (Å²) in [5, 5.41) is 2.78. The molecule has 3 N–H and O–H groups in total. The summed E-state index contributed by atoms with van der Waals surface area (Å²) < 4.78 is 13.7. The Bertz CT molecular complexity index is 508. The summed E-state index contributed by atoms with van der Waals surface area (Å²) in [6.45, 7) is 0.785. The van der Waals surface area contributed by atoms with Gasteiger partial charge in [0.25, 0.3) is 5.91 Å². The van der Waals surface area contributed by atoms with Gasteiger partial charge in [-0.1, -0.05) is 11.8 Å². The van der Waals surface area contributed by atoms with Crippen molar-refractivity contribution in [2.24, 2.45) is 5.73 Å². The van der Waals surface area contributed by atoms with E-state index in [-0.39, 0.29) is 18.0 Å². The minimum absolute atomic E-state index is 0.178. The molecule has 0 radical (unpaired) electrons. The van der Waals surface area contributed by atoms with Crippen LogP contribution >= 0.6 is 11.8 Å². The van der Waals surface area contributed by atoms with Crippen molar-refractivity contribution in [3.8, 4) is 11.8 Å². The number of benzene rings is 1. The highest BCUT2D eigenvalue weighted by atomic mass is 32.2. The predicted molar refractivity (Wildman–Crippen MR) is 82.3 cm³/mol. The first-order valence-corrected chi connectivity index (χ1v) is 7.84. The zero-order valence-electron chi connectivity index (χ0n) is 11.5. The van der Waals surface area contributed by atoms with Crippen molar-refractivity contribution in [3.05, 3.63) is 35.1 Å². The first kappa shape index (κ1) is 16.5. The van der Waals surface area contributed by atoms with Crippen molar-refractivity contribution in [2.75, 3.05) is 25.1 Å². The molecule has 0 spiro atoms. The molecule has 20 heavy (non-hydrogen) atoms. The zero-order chi connectivity index (χ0) is 14.8. The normalized spacial score (nSPS) is 9.75. The molecule has 5 heteroatoms. The van der Waals surface area contributed by atoms with Gasteiger partial charge in [0, 0.05) is 12.1 Å². The summed E-state index contributed by atoms with van der Waals surface area (Å²) in [5.74, 6) is 5.53. The summed E-state index contributed by atoms with van der Waals surface area (Å²) in [5.41, 5.74) is 5.80. The Labute approximate surface area is 123 Å². The molecule has 1 amide bonds. The van der Waals surface area contributed by atoms with E-state index in [0.717, 1.165) is 18.6 Å². The van der Waals surface area contributed by atoms with Crippen LogP contribution in [0.3, 0.4) is 0 Å². The lowest BCUT2D eigenvalue weighted by atomic mass is 10.1. The number of nitrogens with one attached hydrogen (secondary N) is 1. The lowest BCUT2D eigenvalue weighted by Crippen LogP contribution is -2.24. The number of rotatable bonds is 6. The van der Waals surface area contributed by atoms with Crippen LogP contribution in [0.1, 0.15) is 28.8 Å². The zero-order valence-corrected chi connectivity index (χ0v) is 12.4. The van der Waals surface area contributed by atoms with Crippen LogP contribution in [0.15, 0.2) is 18.2 Å². The molecule has 0 atom stereocenters. The standard InChI is InChI=1S/C15H19FN2OS/c1-20-10-3-2-9-18-15(19)13-7-6-12(5-4-8-17)14(16)11-13/h6-7,11H,2-3,8-10,17H2,1H3,(H,18,19). The molecule has 0 heterocycles. The summed E-state index contributed by atoms with van der Waals surface area (Å²) in [7, 11) is 0. The second-order valence-corrected chi connectivity index (χ2v) is 5.14. The van der Waals surface area contributed by atoms with E-state index in [2.05, 4.69) is 23.4 Å². The fourth-order valence-electron chi connectivity index (χ4n) is 1.58. The summed E-state index contributed by atoms with van der Waals surface area (Å²) in [6.07, 6.45) is 4.04. The molecule has 0 saturated heterocycles. The molecule has 0 unspecified atom stereocenters. The Morgan fingerprint density at radius 2 is 2.25 bits per heavy atom. The third-order valence-electron chi connectivity index (χ3n) is 2.62. The molecule has 1 aromatic rings. The van der Waals surface area contributed by atoms with E-state index in [4.69, 9.17) is 5.73 Å². The summed E-state index contributed by atoms with van der Waals surface area (Å²) >= 11 is 1.78. The number of halogens is 1. The largest absolute Gasteiger partial charge is 0.352 e. The Kier molecular flexibility index (Phi) is 7.78. The molecular weight excluding hydrogens is 275 g/mol. The van der Waals surface area contributed by atoms with Crippen LogP contribution in [-0.2, 0) is 0 Å². The number of carbonyl (C=O) groups excluding carboxylic acids is 1. The molecule has 3 nitrogen and oxygen atoms in total. The number of amides is 1. The van der Waals surface area contributed by atoms with Gasteiger partial charge in [-0.25, -0.2) is 4.39 Å². The average Bonchev–Trinajstić information content (AvgIpc) is 2.45. The molecule has 0 saturated carbocycles. The number of nitrogens with two attached hydrogens (primary N) is 1. The van der Waals surface area contributed by atoms with Crippen molar-refractivity contribution < 1.29 is 9.18 Å². The molecule has 0 aliphatic rings. The molecule has 0 aromatic heterocycles. The van der Waals surface area contributed by atoms with Gasteiger partial charge in [-0.15, -0.1) is 0 Å². The number of thioether (sulfide) groups is 1. The van der Waals surface area contributed by atoms with Crippen LogP contribution in [0.4, 0.5) is 4.39 Å². The third kappa shape index (κ3) is 5.64. The highest BCUT2D eigenvalue weighted by molar-refractivity contribution is 7.98. The van der Waals surface area contributed by atoms with Gasteiger partial charge in [0.2, 0.25) is 0 Å². The van der Waals surface area contributed by atoms with Crippen LogP contribution in [0, 0.1) is 17.7 Å². The highest BCUT2D eigenvalue weighted by Crippen LogP contribution is 2.09. The van der Waals surface area contributed by atoms with Crippen molar-refractivity contribution in [1.82, 2.24) is 5.32 Å². The molecule has 0 aliphatic carbocycles. The lowest BCUT2D eigenvalue weighted by molar-refractivity contribution is 0.0952. The smallest absolute Gasteiger partial charge is 0.251 e. The predicted octanol–water partition coefficient (Wildman–Crippen LogP) is 2.01. The third-order valence-corrected chi connectivity index (χ3v) is 3.31. The van der Waals surface area contributed by atoms with Gasteiger partial charge in [-0.05, 0) is 43.0 Å². The Morgan fingerprint density at radius 3 is 2.90 bits per heavy atom. The minimum atomic E-state index is -0.499. The second-order valence-electron chi connectivity index (χ2n) is 4.16. The average molecular weight is 294 g/mol. The number of unbranched alkanes of at least 4 members (excludes halogenated alkanes) is 1. The molecule has 1 aromatic carbocycles. The monoisotopic (exact) mass is 294 g/mol. The molecule has 1 rings (SSSR count). The SMILES string of the molecule is CSCCCCNC(=O)c1ccc(C#CCN)c(F)c1. The van der Waals surface area contributed by atoms with Gasteiger partial charge in [-0.2, -0.15) is 11.8 Å². The van der Waals surface area contributed by atoms with E-state index in [9.17, 15) is 9.18 Å². The van der Waals surface area contributed by atoms with Crippen molar-refractivity contribution in [1.29, 1.82) is 0 Å². The van der Waals surface area contributed by atoms with E-state index >= 15 is 0 Å². The van der Waals surface area contributed by atoms with Crippen LogP contribution in [0.25, 0.3) is 0 Å². The van der Waals surface area contributed by atoms with Gasteiger partial charge in [-0.3, -0.25) is 4.79 Å². The van der Waals surface area contributed by atoms with Crippen LogP contribution in [0.5, 0.6) is 0 Å². The lowest BCUT2D eigenvalue weighted by Gasteiger charge is -2.05. The fraction of sp³-hybridized carbons (Fsp3) is 0.400. The molecule has 108 valence electrons. The summed E-state index contributed by atoms with van der Waals surface area (Å²) in [6, 6.07) is 4.28. The maximum atomic E-state index is 13.7. The highest BCUT2D eigenvalue weighted by Gasteiger charge is 2.08. The van der Waals surface area contributed by atoms with Gasteiger partial charge >= 0.3 is 0 Å².